The second-order valence-electron chi connectivity index (χ2n) is 10.0. The van der Waals surface area contributed by atoms with Gasteiger partial charge in [0, 0.05) is 32.8 Å². The predicted molar refractivity (Wildman–Crippen MR) is 148 cm³/mol. The lowest BCUT2D eigenvalue weighted by molar-refractivity contribution is 0.0389. The van der Waals surface area contributed by atoms with Crippen LogP contribution < -0.4 is 9.46 Å². The lowest BCUT2D eigenvalue weighted by Crippen LogP contribution is -2.50. The van der Waals surface area contributed by atoms with Gasteiger partial charge in [0.15, 0.2) is 10.8 Å². The number of nitrogens with one attached hydrogen (secondary N) is 1. The molecule has 2 N–H and O–H groups in total. The number of amides is 1. The number of sulfonamides is 2. The summed E-state index contributed by atoms with van der Waals surface area (Å²) in [5.41, 5.74) is -0.00582. The zero-order valence-electron chi connectivity index (χ0n) is 22.9. The van der Waals surface area contributed by atoms with Crippen LogP contribution in [-0.4, -0.2) is 85.5 Å². The number of carbonyl (C=O) groups excluding carboxylic acids is 1. The number of ether oxygens (including phenoxy) is 1. The maximum absolute atomic E-state index is 13.6. The van der Waals surface area contributed by atoms with Crippen molar-refractivity contribution in [2.75, 3.05) is 31.5 Å². The third-order valence-corrected chi connectivity index (χ3v) is 9.94. The van der Waals surface area contributed by atoms with Crippen LogP contribution >= 0.6 is 0 Å². The fourth-order valence-electron chi connectivity index (χ4n) is 4.40. The van der Waals surface area contributed by atoms with Crippen molar-refractivity contribution in [2.45, 2.75) is 35.9 Å². The molecule has 41 heavy (non-hydrogen) atoms. The summed E-state index contributed by atoms with van der Waals surface area (Å²) in [4.78, 5) is 18.9. The van der Waals surface area contributed by atoms with Gasteiger partial charge < -0.3 is 19.3 Å². The van der Waals surface area contributed by atoms with Gasteiger partial charge in [-0.1, -0.05) is 13.0 Å². The van der Waals surface area contributed by atoms with Crippen LogP contribution in [0.2, 0.25) is 0 Å². The molecule has 1 amide bonds. The standard InChI is InChI=1S/C26H32FN5O7S2/c1-17-12-32(18(2)15-33)26(34)21-6-5-7-22(29-40(35,36)24-14-30(3)16-28-24)25(21)39-23(17)13-31(4)41(37,38)20-10-8-19(27)9-11-20/h5-11,14,16-18,23,29,33H,12-13,15H2,1-4H3/t17-,18-,23-/m0/s1. The molecule has 3 aromatic rings. The van der Waals surface area contributed by atoms with Crippen LogP contribution in [0.25, 0.3) is 0 Å². The van der Waals surface area contributed by atoms with Gasteiger partial charge in [-0.2, -0.15) is 12.7 Å². The summed E-state index contributed by atoms with van der Waals surface area (Å²) >= 11 is 0. The first-order valence-corrected chi connectivity index (χ1v) is 15.6. The molecule has 1 aliphatic heterocycles. The second kappa shape index (κ2) is 11.8. The van der Waals surface area contributed by atoms with Crippen LogP contribution in [0.5, 0.6) is 5.75 Å². The molecule has 0 unspecified atom stereocenters. The molecule has 0 bridgehead atoms. The third-order valence-electron chi connectivity index (χ3n) is 6.85. The molecular weight excluding hydrogens is 577 g/mol. The van der Waals surface area contributed by atoms with E-state index >= 15 is 0 Å². The van der Waals surface area contributed by atoms with Gasteiger partial charge >= 0.3 is 0 Å². The minimum Gasteiger partial charge on any atom is -0.486 e. The van der Waals surface area contributed by atoms with Gasteiger partial charge in [0.1, 0.15) is 11.9 Å². The number of anilines is 1. The monoisotopic (exact) mass is 609 g/mol. The van der Waals surface area contributed by atoms with E-state index in [0.717, 1.165) is 28.6 Å². The molecule has 15 heteroatoms. The van der Waals surface area contributed by atoms with Crippen molar-refractivity contribution in [1.82, 2.24) is 18.8 Å². The van der Waals surface area contributed by atoms with Crippen molar-refractivity contribution < 1.29 is 35.9 Å². The molecule has 2 aromatic carbocycles. The third kappa shape index (κ3) is 6.37. The number of para-hydroxylation sites is 1. The van der Waals surface area contributed by atoms with E-state index in [0.29, 0.717) is 0 Å². The van der Waals surface area contributed by atoms with Crippen LogP contribution in [0.15, 0.2) is 64.9 Å². The number of imidazole rings is 1. The normalized spacial score (nSPS) is 18.8. The SMILES string of the molecule is C[C@H]1CN([C@@H](C)CO)C(=O)c2cccc(NS(=O)(=O)c3cn(C)cn3)c2O[C@H]1CN(C)S(=O)(=O)c1ccc(F)cc1. The van der Waals surface area contributed by atoms with Gasteiger partial charge in [0.2, 0.25) is 10.0 Å². The highest BCUT2D eigenvalue weighted by molar-refractivity contribution is 7.92. The number of hydrogen-bond donors (Lipinski definition) is 2. The Labute approximate surface area is 238 Å². The zero-order valence-corrected chi connectivity index (χ0v) is 24.6. The van der Waals surface area contributed by atoms with Crippen LogP contribution in [-0.2, 0) is 27.1 Å². The van der Waals surface area contributed by atoms with Gasteiger partial charge in [0.25, 0.3) is 15.9 Å². The highest BCUT2D eigenvalue weighted by atomic mass is 32.2. The van der Waals surface area contributed by atoms with Crippen molar-refractivity contribution >= 4 is 31.6 Å². The Balaban J connectivity index is 1.76. The van der Waals surface area contributed by atoms with Crippen LogP contribution in [0.1, 0.15) is 24.2 Å². The number of aliphatic hydroxyl groups excluding tert-OH is 1. The fraction of sp³-hybridized carbons (Fsp3) is 0.385. The number of nitrogens with zero attached hydrogens (tertiary/aromatic N) is 4. The molecule has 1 aliphatic rings. The first-order chi connectivity index (χ1) is 19.2. The number of aromatic nitrogens is 2. The van der Waals surface area contributed by atoms with E-state index in [9.17, 15) is 31.1 Å². The van der Waals surface area contributed by atoms with Crippen molar-refractivity contribution in [3.05, 3.63) is 66.4 Å². The average molecular weight is 610 g/mol. The molecule has 0 saturated carbocycles. The summed E-state index contributed by atoms with van der Waals surface area (Å²) in [6, 6.07) is 8.21. The number of carbonyl (C=O) groups is 1. The molecule has 1 aromatic heterocycles. The number of hydrogen-bond acceptors (Lipinski definition) is 8. The fourth-order valence-corrected chi connectivity index (χ4v) is 6.63. The van der Waals surface area contributed by atoms with Crippen LogP contribution in [0.4, 0.5) is 10.1 Å². The van der Waals surface area contributed by atoms with E-state index in [-0.39, 0.29) is 46.6 Å². The molecule has 12 nitrogen and oxygen atoms in total. The Hall–Kier alpha value is -3.53. The Morgan fingerprint density at radius 3 is 2.49 bits per heavy atom. The van der Waals surface area contributed by atoms with Gasteiger partial charge in [-0.25, -0.2) is 17.8 Å². The quantitative estimate of drug-likeness (QED) is 0.373. The summed E-state index contributed by atoms with van der Waals surface area (Å²) < 4.78 is 77.4. The van der Waals surface area contributed by atoms with E-state index in [2.05, 4.69) is 9.71 Å². The zero-order chi connectivity index (χ0) is 30.1. The number of benzene rings is 2. The van der Waals surface area contributed by atoms with E-state index in [4.69, 9.17) is 4.74 Å². The van der Waals surface area contributed by atoms with E-state index in [1.165, 1.54) is 47.2 Å². The van der Waals surface area contributed by atoms with E-state index in [1.54, 1.807) is 20.9 Å². The molecule has 0 radical (unpaired) electrons. The van der Waals surface area contributed by atoms with E-state index in [1.807, 2.05) is 0 Å². The van der Waals surface area contributed by atoms with Gasteiger partial charge in [-0.3, -0.25) is 9.52 Å². The summed E-state index contributed by atoms with van der Waals surface area (Å²) in [5, 5.41) is 9.61. The van der Waals surface area contributed by atoms with Gasteiger partial charge in [-0.05, 0) is 43.3 Å². The maximum atomic E-state index is 13.6. The summed E-state index contributed by atoms with van der Waals surface area (Å²) in [7, 11) is -5.26. The number of aliphatic hydroxyl groups is 1. The summed E-state index contributed by atoms with van der Waals surface area (Å²) in [6.45, 7) is 3.04. The van der Waals surface area contributed by atoms with Crippen molar-refractivity contribution in [2.24, 2.45) is 13.0 Å². The van der Waals surface area contributed by atoms with Crippen molar-refractivity contribution in [3.63, 3.8) is 0 Å². The highest BCUT2D eigenvalue weighted by Crippen LogP contribution is 2.36. The number of rotatable bonds is 9. The number of fused-ring (bicyclic) bond motifs is 1. The smallest absolute Gasteiger partial charge is 0.281 e. The van der Waals surface area contributed by atoms with Crippen LogP contribution in [0, 0.1) is 11.7 Å². The molecule has 3 atom stereocenters. The topological polar surface area (TPSA) is 151 Å². The molecule has 2 heterocycles. The molecule has 0 saturated heterocycles. The predicted octanol–water partition coefficient (Wildman–Crippen LogP) is 1.90. The number of halogens is 1. The minimum absolute atomic E-state index is 0.0347. The van der Waals surface area contributed by atoms with Crippen molar-refractivity contribution in [1.29, 1.82) is 0 Å². The number of likely N-dealkylation sites (N-methyl/N-ethyl adjacent to an activating group) is 1. The number of aryl methyl sites for hydroxylation is 1. The second-order valence-corrected chi connectivity index (χ2v) is 13.7. The largest absolute Gasteiger partial charge is 0.486 e. The first kappa shape index (κ1) is 30.4. The summed E-state index contributed by atoms with van der Waals surface area (Å²) in [5.74, 6) is -1.62. The van der Waals surface area contributed by atoms with Gasteiger partial charge in [0.05, 0.1) is 41.7 Å². The molecular formula is C26H32FN5O7S2. The molecule has 222 valence electrons. The van der Waals surface area contributed by atoms with Crippen LogP contribution in [0.3, 0.4) is 0 Å². The lowest BCUT2D eigenvalue weighted by atomic mass is 9.99. The Kier molecular flexibility index (Phi) is 8.73. The molecule has 0 aliphatic carbocycles. The van der Waals surface area contributed by atoms with Gasteiger partial charge in [-0.15, -0.1) is 0 Å². The summed E-state index contributed by atoms with van der Waals surface area (Å²) in [6.07, 6.45) is 1.77. The molecule has 0 spiro atoms. The van der Waals surface area contributed by atoms with E-state index < -0.39 is 49.8 Å². The van der Waals surface area contributed by atoms with Crippen molar-refractivity contribution in [3.8, 4) is 5.75 Å². The molecule has 4 rings (SSSR count). The maximum Gasteiger partial charge on any atom is 0.281 e. The molecule has 0 fully saturated rings. The lowest BCUT2D eigenvalue weighted by Gasteiger charge is -2.38. The Morgan fingerprint density at radius 2 is 1.88 bits per heavy atom. The minimum atomic E-state index is -4.18. The first-order valence-electron chi connectivity index (χ1n) is 12.7. The Morgan fingerprint density at radius 1 is 1.20 bits per heavy atom. The average Bonchev–Trinajstić information content (AvgIpc) is 3.38. The highest BCUT2D eigenvalue weighted by Gasteiger charge is 2.36. The Bertz CT molecular complexity index is 1630.